The van der Waals surface area contributed by atoms with E-state index in [0.717, 1.165) is 27.8 Å². The van der Waals surface area contributed by atoms with Gasteiger partial charge in [-0.25, -0.2) is 0 Å². The molecule has 0 aliphatic heterocycles. The van der Waals surface area contributed by atoms with Gasteiger partial charge in [-0.05, 0) is 46.3 Å². The average Bonchev–Trinajstić information content (AvgIpc) is 2.66. The van der Waals surface area contributed by atoms with E-state index in [4.69, 9.17) is 0 Å². The minimum Gasteiger partial charge on any atom is -0.353 e. The molecule has 18 heavy (non-hydrogen) atoms. The zero-order valence-corrected chi connectivity index (χ0v) is 11.8. The van der Waals surface area contributed by atoms with Gasteiger partial charge in [0.05, 0.1) is 4.60 Å². The number of rotatable bonds is 1. The third-order valence-corrected chi connectivity index (χ3v) is 4.35. The number of carbonyl (C=O) groups is 1. The van der Waals surface area contributed by atoms with Crippen LogP contribution < -0.4 is 0 Å². The van der Waals surface area contributed by atoms with Crippen molar-refractivity contribution < 1.29 is 4.79 Å². The van der Waals surface area contributed by atoms with E-state index >= 15 is 0 Å². The van der Waals surface area contributed by atoms with E-state index in [1.54, 1.807) is 0 Å². The van der Waals surface area contributed by atoms with Gasteiger partial charge < -0.3 is 4.98 Å². The van der Waals surface area contributed by atoms with Gasteiger partial charge in [0.15, 0.2) is 5.78 Å². The van der Waals surface area contributed by atoms with Crippen LogP contribution in [-0.2, 0) is 6.42 Å². The Morgan fingerprint density at radius 2 is 1.94 bits per heavy atom. The Bertz CT molecular complexity index is 600. The maximum atomic E-state index is 12.3. The molecule has 92 valence electrons. The summed E-state index contributed by atoms with van der Waals surface area (Å²) in [7, 11) is 0. The van der Waals surface area contributed by atoms with Gasteiger partial charge in [-0.2, -0.15) is 0 Å². The summed E-state index contributed by atoms with van der Waals surface area (Å²) < 4.78 is 0.962. The van der Waals surface area contributed by atoms with Crippen LogP contribution in [0, 0.1) is 6.92 Å². The highest BCUT2D eigenvalue weighted by Crippen LogP contribution is 2.37. The number of nitrogens with one attached hydrogen (secondary N) is 1. The summed E-state index contributed by atoms with van der Waals surface area (Å²) in [6.07, 6.45) is 1.54. The summed E-state index contributed by atoms with van der Waals surface area (Å²) in [4.78, 5) is 15.5. The first-order valence-electron chi connectivity index (χ1n) is 6.12. The largest absolute Gasteiger partial charge is 0.353 e. The predicted octanol–water partition coefficient (Wildman–Crippen LogP) is 4.00. The van der Waals surface area contributed by atoms with Gasteiger partial charge in [-0.1, -0.05) is 30.3 Å². The number of aryl methyl sites for hydroxylation is 1. The Hall–Kier alpha value is -1.35. The molecule has 0 saturated heterocycles. The molecule has 0 radical (unpaired) electrons. The van der Waals surface area contributed by atoms with Crippen LogP contribution >= 0.6 is 15.9 Å². The molecule has 0 spiro atoms. The van der Waals surface area contributed by atoms with Crippen LogP contribution in [0.25, 0.3) is 0 Å². The molecule has 1 aromatic carbocycles. The van der Waals surface area contributed by atoms with Crippen molar-refractivity contribution in [2.45, 2.75) is 25.7 Å². The van der Waals surface area contributed by atoms with Crippen molar-refractivity contribution in [2.24, 2.45) is 0 Å². The van der Waals surface area contributed by atoms with Gasteiger partial charge in [-0.15, -0.1) is 0 Å². The Balaban J connectivity index is 2.02. The fourth-order valence-electron chi connectivity index (χ4n) is 2.81. The van der Waals surface area contributed by atoms with E-state index in [2.05, 4.69) is 33.0 Å². The quantitative estimate of drug-likeness (QED) is 0.848. The van der Waals surface area contributed by atoms with Crippen molar-refractivity contribution in [3.05, 3.63) is 57.3 Å². The summed E-state index contributed by atoms with van der Waals surface area (Å²) in [5.74, 6) is 0.558. The normalized spacial score (nSPS) is 18.8. The summed E-state index contributed by atoms with van der Waals surface area (Å²) >= 11 is 3.52. The SMILES string of the molecule is Cc1[nH]c(Br)c2c1C(=O)CC(c1ccccc1)C2. The molecule has 0 saturated carbocycles. The standard InChI is InChI=1S/C15H14BrNO/c1-9-14-12(15(16)17-9)7-11(8-13(14)18)10-5-3-2-4-6-10/h2-6,11,17H,7-8H2,1H3. The lowest BCUT2D eigenvalue weighted by Crippen LogP contribution is -2.18. The van der Waals surface area contributed by atoms with Gasteiger partial charge in [0.1, 0.15) is 0 Å². The first-order valence-corrected chi connectivity index (χ1v) is 6.91. The minimum atomic E-state index is 0.254. The van der Waals surface area contributed by atoms with Crippen LogP contribution in [0.3, 0.4) is 0 Å². The minimum absolute atomic E-state index is 0.254. The Morgan fingerprint density at radius 1 is 1.22 bits per heavy atom. The molecular weight excluding hydrogens is 290 g/mol. The Morgan fingerprint density at radius 3 is 2.67 bits per heavy atom. The number of benzene rings is 1. The summed E-state index contributed by atoms with van der Waals surface area (Å²) in [5, 5.41) is 0. The zero-order valence-electron chi connectivity index (χ0n) is 10.2. The molecule has 0 fully saturated rings. The third-order valence-electron chi connectivity index (χ3n) is 3.67. The summed E-state index contributed by atoms with van der Waals surface area (Å²) in [6.45, 7) is 1.96. The highest BCUT2D eigenvalue weighted by atomic mass is 79.9. The van der Waals surface area contributed by atoms with Gasteiger partial charge in [0.25, 0.3) is 0 Å². The molecule has 1 heterocycles. The number of Topliss-reactive ketones (excluding diaryl/α,β-unsaturated/α-hetero) is 1. The van der Waals surface area contributed by atoms with E-state index in [9.17, 15) is 4.79 Å². The molecule has 1 N–H and O–H groups in total. The predicted molar refractivity (Wildman–Crippen MR) is 75.1 cm³/mol. The van der Waals surface area contributed by atoms with Crippen molar-refractivity contribution in [3.63, 3.8) is 0 Å². The highest BCUT2D eigenvalue weighted by molar-refractivity contribution is 9.10. The summed E-state index contributed by atoms with van der Waals surface area (Å²) in [5.41, 5.74) is 4.27. The molecule has 1 aliphatic carbocycles. The Kier molecular flexibility index (Phi) is 2.86. The van der Waals surface area contributed by atoms with Crippen LogP contribution in [0.2, 0.25) is 0 Å². The van der Waals surface area contributed by atoms with Gasteiger partial charge >= 0.3 is 0 Å². The fraction of sp³-hybridized carbons (Fsp3) is 0.267. The average molecular weight is 304 g/mol. The monoisotopic (exact) mass is 303 g/mol. The van der Waals surface area contributed by atoms with Crippen LogP contribution in [-0.4, -0.2) is 10.8 Å². The maximum Gasteiger partial charge on any atom is 0.165 e. The van der Waals surface area contributed by atoms with E-state index in [1.807, 2.05) is 25.1 Å². The molecule has 3 rings (SSSR count). The molecule has 0 amide bonds. The van der Waals surface area contributed by atoms with Crippen molar-refractivity contribution in [1.29, 1.82) is 0 Å². The first-order chi connectivity index (χ1) is 8.66. The van der Waals surface area contributed by atoms with Crippen molar-refractivity contribution in [3.8, 4) is 0 Å². The zero-order chi connectivity index (χ0) is 12.7. The number of halogens is 1. The topological polar surface area (TPSA) is 32.9 Å². The van der Waals surface area contributed by atoms with E-state index in [1.165, 1.54) is 5.56 Å². The van der Waals surface area contributed by atoms with Crippen molar-refractivity contribution >= 4 is 21.7 Å². The van der Waals surface area contributed by atoms with Crippen molar-refractivity contribution in [2.75, 3.05) is 0 Å². The summed E-state index contributed by atoms with van der Waals surface area (Å²) in [6, 6.07) is 10.3. The molecule has 0 bridgehead atoms. The lowest BCUT2D eigenvalue weighted by atomic mass is 9.80. The number of hydrogen-bond acceptors (Lipinski definition) is 1. The van der Waals surface area contributed by atoms with Crippen LogP contribution in [0.1, 0.15) is 39.5 Å². The molecule has 2 aromatic rings. The fourth-order valence-corrected chi connectivity index (χ4v) is 3.47. The molecular formula is C15H14BrNO. The van der Waals surface area contributed by atoms with Crippen molar-refractivity contribution in [1.82, 2.24) is 4.98 Å². The van der Waals surface area contributed by atoms with Gasteiger partial charge in [0, 0.05) is 17.7 Å². The lowest BCUT2D eigenvalue weighted by Gasteiger charge is -2.22. The maximum absolute atomic E-state index is 12.3. The number of aromatic amines is 1. The number of carbonyl (C=O) groups excluding carboxylic acids is 1. The first kappa shape index (κ1) is 11.7. The number of fused-ring (bicyclic) bond motifs is 1. The number of ketones is 1. The smallest absolute Gasteiger partial charge is 0.165 e. The molecule has 1 atom stereocenters. The third kappa shape index (κ3) is 1.83. The second-order valence-corrected chi connectivity index (χ2v) is 5.65. The molecule has 1 aromatic heterocycles. The highest BCUT2D eigenvalue weighted by Gasteiger charge is 2.30. The lowest BCUT2D eigenvalue weighted by molar-refractivity contribution is 0.0964. The van der Waals surface area contributed by atoms with E-state index in [0.29, 0.717) is 12.3 Å². The second kappa shape index (κ2) is 4.39. The van der Waals surface area contributed by atoms with Crippen LogP contribution in [0.5, 0.6) is 0 Å². The second-order valence-electron chi connectivity index (χ2n) is 4.86. The number of hydrogen-bond donors (Lipinski definition) is 1. The molecule has 1 aliphatic rings. The van der Waals surface area contributed by atoms with Crippen LogP contribution in [0.15, 0.2) is 34.9 Å². The molecule has 3 heteroatoms. The van der Waals surface area contributed by atoms with Gasteiger partial charge in [-0.3, -0.25) is 4.79 Å². The number of H-pyrrole nitrogens is 1. The van der Waals surface area contributed by atoms with E-state index in [-0.39, 0.29) is 5.78 Å². The number of aromatic nitrogens is 1. The van der Waals surface area contributed by atoms with Gasteiger partial charge in [0.2, 0.25) is 0 Å². The van der Waals surface area contributed by atoms with E-state index < -0.39 is 0 Å². The Labute approximate surface area is 115 Å². The molecule has 2 nitrogen and oxygen atoms in total. The van der Waals surface area contributed by atoms with Crippen LogP contribution in [0.4, 0.5) is 0 Å². The molecule has 1 unspecified atom stereocenters.